The van der Waals surface area contributed by atoms with Gasteiger partial charge in [-0.15, -0.1) is 0 Å². The number of pyridine rings is 2. The van der Waals surface area contributed by atoms with Crippen LogP contribution < -0.4 is 5.56 Å². The third-order valence-electron chi connectivity index (χ3n) is 2.29. The van der Waals surface area contributed by atoms with Gasteiger partial charge in [0.15, 0.2) is 0 Å². The van der Waals surface area contributed by atoms with Crippen LogP contribution in [0.25, 0.3) is 0 Å². The van der Waals surface area contributed by atoms with Gasteiger partial charge in [0.25, 0.3) is 0 Å². The van der Waals surface area contributed by atoms with Gasteiger partial charge in [-0.05, 0) is 28.1 Å². The minimum absolute atomic E-state index is 0.194. The molecule has 0 fully saturated rings. The summed E-state index contributed by atoms with van der Waals surface area (Å²) in [6, 6.07) is 6.49. The van der Waals surface area contributed by atoms with Crippen LogP contribution in [0.4, 0.5) is 5.69 Å². The lowest BCUT2D eigenvalue weighted by Gasteiger charge is -2.05. The maximum Gasteiger partial charge on any atom is 0.335 e. The van der Waals surface area contributed by atoms with Crippen molar-refractivity contribution in [3.8, 4) is 0 Å². The molecule has 2 rings (SSSR count). The highest BCUT2D eigenvalue weighted by Crippen LogP contribution is 2.14. The van der Waals surface area contributed by atoms with Crippen molar-refractivity contribution in [3.05, 3.63) is 67.3 Å². The summed E-state index contributed by atoms with van der Waals surface area (Å²) in [5.41, 5.74) is -0.443. The van der Waals surface area contributed by atoms with E-state index in [1.54, 1.807) is 24.4 Å². The first-order valence-corrected chi connectivity index (χ1v) is 5.81. The van der Waals surface area contributed by atoms with Crippen molar-refractivity contribution in [2.24, 2.45) is 0 Å². The Balaban J connectivity index is 2.46. The molecule has 2 aromatic rings. The van der Waals surface area contributed by atoms with E-state index >= 15 is 0 Å². The van der Waals surface area contributed by atoms with Gasteiger partial charge in [-0.3, -0.25) is 19.9 Å². The fourth-order valence-corrected chi connectivity index (χ4v) is 1.96. The highest BCUT2D eigenvalue weighted by molar-refractivity contribution is 9.10. The van der Waals surface area contributed by atoms with Crippen LogP contribution in [-0.4, -0.2) is 14.5 Å². The number of hydrogen-bond donors (Lipinski definition) is 0. The Bertz CT molecular complexity index is 640. The second-order valence-corrected chi connectivity index (χ2v) is 4.47. The molecule has 0 aliphatic heterocycles. The number of rotatable bonds is 3. The largest absolute Gasteiger partial charge is 0.335 e. The van der Waals surface area contributed by atoms with E-state index in [0.29, 0.717) is 10.2 Å². The number of aromatic nitrogens is 2. The SMILES string of the molecule is O=c1c([N+](=O)[O-])cc(Br)cn1Cc1ccccn1. The average Bonchev–Trinajstić information content (AvgIpc) is 2.34. The Morgan fingerprint density at radius 1 is 1.44 bits per heavy atom. The Morgan fingerprint density at radius 3 is 2.83 bits per heavy atom. The van der Waals surface area contributed by atoms with E-state index in [4.69, 9.17) is 0 Å². The maximum absolute atomic E-state index is 11.8. The summed E-state index contributed by atoms with van der Waals surface area (Å²) in [5, 5.41) is 10.7. The van der Waals surface area contributed by atoms with Crippen molar-refractivity contribution in [1.82, 2.24) is 9.55 Å². The normalized spacial score (nSPS) is 10.3. The van der Waals surface area contributed by atoms with Gasteiger partial charge in [-0.1, -0.05) is 6.07 Å². The molecule has 0 aliphatic carbocycles. The van der Waals surface area contributed by atoms with Crippen LogP contribution in [-0.2, 0) is 6.54 Å². The zero-order valence-electron chi connectivity index (χ0n) is 9.12. The van der Waals surface area contributed by atoms with E-state index in [2.05, 4.69) is 20.9 Å². The molecule has 0 bridgehead atoms. The fraction of sp³-hybridized carbons (Fsp3) is 0.0909. The summed E-state index contributed by atoms with van der Waals surface area (Å²) in [7, 11) is 0. The van der Waals surface area contributed by atoms with Crippen LogP contribution in [0.5, 0.6) is 0 Å². The second-order valence-electron chi connectivity index (χ2n) is 3.55. The van der Waals surface area contributed by atoms with Crippen molar-refractivity contribution < 1.29 is 4.92 Å². The molecule has 2 heterocycles. The maximum atomic E-state index is 11.8. The standard InChI is InChI=1S/C11H8BrN3O3/c12-8-5-10(15(17)18)11(16)14(6-8)7-9-3-1-2-4-13-9/h1-6H,7H2. The molecule has 0 aliphatic rings. The monoisotopic (exact) mass is 309 g/mol. The van der Waals surface area contributed by atoms with Crippen molar-refractivity contribution in [3.63, 3.8) is 0 Å². The minimum Gasteiger partial charge on any atom is -0.303 e. The predicted octanol–water partition coefficient (Wildman–Crippen LogP) is 1.96. The summed E-state index contributed by atoms with van der Waals surface area (Å²) in [4.78, 5) is 26.0. The van der Waals surface area contributed by atoms with Crippen LogP contribution in [0.3, 0.4) is 0 Å². The highest BCUT2D eigenvalue weighted by Gasteiger charge is 2.16. The zero-order valence-corrected chi connectivity index (χ0v) is 10.7. The Hall–Kier alpha value is -2.02. The third kappa shape index (κ3) is 2.62. The van der Waals surface area contributed by atoms with E-state index in [-0.39, 0.29) is 6.54 Å². The average molecular weight is 310 g/mol. The second kappa shape index (κ2) is 5.09. The summed E-state index contributed by atoms with van der Waals surface area (Å²) in [6.45, 7) is 0.194. The topological polar surface area (TPSA) is 78.0 Å². The Labute approximate surface area is 110 Å². The van der Waals surface area contributed by atoms with Gasteiger partial charge >= 0.3 is 11.2 Å². The van der Waals surface area contributed by atoms with Crippen molar-refractivity contribution >= 4 is 21.6 Å². The molecule has 0 N–H and O–H groups in total. The van der Waals surface area contributed by atoms with Gasteiger partial charge < -0.3 is 4.57 Å². The number of nitrogens with zero attached hydrogens (tertiary/aromatic N) is 3. The first kappa shape index (κ1) is 12.4. The van der Waals surface area contributed by atoms with Crippen LogP contribution in [0.1, 0.15) is 5.69 Å². The Kier molecular flexibility index (Phi) is 3.52. The summed E-state index contributed by atoms with van der Waals surface area (Å²) >= 11 is 3.14. The Morgan fingerprint density at radius 2 is 2.22 bits per heavy atom. The van der Waals surface area contributed by atoms with E-state index in [0.717, 1.165) is 0 Å². The van der Waals surface area contributed by atoms with Crippen LogP contribution in [0.15, 0.2) is 45.9 Å². The van der Waals surface area contributed by atoms with Gasteiger partial charge in [0, 0.05) is 22.9 Å². The van der Waals surface area contributed by atoms with E-state index in [1.807, 2.05) is 0 Å². The highest BCUT2D eigenvalue weighted by atomic mass is 79.9. The first-order chi connectivity index (χ1) is 8.58. The number of nitro groups is 1. The van der Waals surface area contributed by atoms with Crippen LogP contribution in [0, 0.1) is 10.1 Å². The molecule has 0 unspecified atom stereocenters. The van der Waals surface area contributed by atoms with Crippen molar-refractivity contribution in [2.45, 2.75) is 6.54 Å². The molecule has 0 spiro atoms. The minimum atomic E-state index is -0.692. The molecule has 0 saturated heterocycles. The number of hydrogen-bond acceptors (Lipinski definition) is 4. The van der Waals surface area contributed by atoms with Crippen LogP contribution in [0.2, 0.25) is 0 Å². The lowest BCUT2D eigenvalue weighted by molar-refractivity contribution is -0.386. The van der Waals surface area contributed by atoms with Gasteiger partial charge in [-0.2, -0.15) is 0 Å². The summed E-state index contributed by atoms with van der Waals surface area (Å²) < 4.78 is 1.73. The van der Waals surface area contributed by atoms with Gasteiger partial charge in [0.05, 0.1) is 17.2 Å². The lowest BCUT2D eigenvalue weighted by Crippen LogP contribution is -2.23. The lowest BCUT2D eigenvalue weighted by atomic mass is 10.3. The van der Waals surface area contributed by atoms with Crippen LogP contribution >= 0.6 is 15.9 Å². The van der Waals surface area contributed by atoms with Crippen molar-refractivity contribution in [1.29, 1.82) is 0 Å². The van der Waals surface area contributed by atoms with E-state index in [9.17, 15) is 14.9 Å². The summed E-state index contributed by atoms with van der Waals surface area (Å²) in [6.07, 6.45) is 3.11. The smallest absolute Gasteiger partial charge is 0.303 e. The molecule has 2 aromatic heterocycles. The van der Waals surface area contributed by atoms with Crippen molar-refractivity contribution in [2.75, 3.05) is 0 Å². The van der Waals surface area contributed by atoms with Gasteiger partial charge in [-0.25, -0.2) is 0 Å². The van der Waals surface area contributed by atoms with Gasteiger partial charge in [0.2, 0.25) is 0 Å². The predicted molar refractivity (Wildman–Crippen MR) is 68.4 cm³/mol. The van der Waals surface area contributed by atoms with E-state index < -0.39 is 16.2 Å². The fourth-order valence-electron chi connectivity index (χ4n) is 1.50. The molecule has 0 radical (unpaired) electrons. The number of halogens is 1. The molecule has 6 nitrogen and oxygen atoms in total. The molecule has 0 atom stereocenters. The molecule has 92 valence electrons. The zero-order chi connectivity index (χ0) is 13.1. The molecule has 0 saturated carbocycles. The molecular formula is C11H8BrN3O3. The first-order valence-electron chi connectivity index (χ1n) is 5.02. The third-order valence-corrected chi connectivity index (χ3v) is 2.72. The molecule has 18 heavy (non-hydrogen) atoms. The molecule has 0 aromatic carbocycles. The molecular weight excluding hydrogens is 302 g/mol. The molecule has 0 amide bonds. The quantitative estimate of drug-likeness (QED) is 0.641. The molecule has 7 heteroatoms. The van der Waals surface area contributed by atoms with Gasteiger partial charge in [0.1, 0.15) is 0 Å². The van der Waals surface area contributed by atoms with E-state index in [1.165, 1.54) is 16.8 Å². The summed E-state index contributed by atoms with van der Waals surface area (Å²) in [5.74, 6) is 0.